The summed E-state index contributed by atoms with van der Waals surface area (Å²) in [5, 5.41) is 5.41. The van der Waals surface area contributed by atoms with Crippen LogP contribution < -0.4 is 0 Å². The first-order valence-corrected chi connectivity index (χ1v) is 19.1. The molecule has 0 bridgehead atoms. The molecule has 5 nitrogen and oxygen atoms in total. The molecular weight excluding hydrogens is 699 g/mol. The summed E-state index contributed by atoms with van der Waals surface area (Å²) in [5.74, 6) is 0. The first-order chi connectivity index (χ1) is 28.3. The maximum absolute atomic E-state index is 6.98. The molecule has 0 fully saturated rings. The number of aromatic nitrogens is 3. The third-order valence-corrected chi connectivity index (χ3v) is 11.3. The molecule has 0 aliphatic heterocycles. The molecule has 8 aromatic carbocycles. The van der Waals surface area contributed by atoms with E-state index in [0.29, 0.717) is 5.58 Å². The summed E-state index contributed by atoms with van der Waals surface area (Å²) in [5.41, 5.74) is 15.7. The molecule has 12 aromatic rings. The van der Waals surface area contributed by atoms with Gasteiger partial charge in [0.1, 0.15) is 34.3 Å². The van der Waals surface area contributed by atoms with Gasteiger partial charge in [0.2, 0.25) is 0 Å². The average Bonchev–Trinajstić information content (AvgIpc) is 3.96. The fraction of sp³-hybridized carbons (Fsp3) is 0. The molecule has 0 unspecified atom stereocenters. The molecular formula is C52H31N3O2. The van der Waals surface area contributed by atoms with Gasteiger partial charge in [0, 0.05) is 38.4 Å². The van der Waals surface area contributed by atoms with E-state index in [9.17, 15) is 0 Å². The van der Waals surface area contributed by atoms with Crippen molar-refractivity contribution in [2.75, 3.05) is 0 Å². The molecule has 57 heavy (non-hydrogen) atoms. The van der Waals surface area contributed by atoms with Crippen molar-refractivity contribution >= 4 is 65.8 Å². The zero-order valence-electron chi connectivity index (χ0n) is 30.6. The van der Waals surface area contributed by atoms with Crippen LogP contribution in [0.1, 0.15) is 0 Å². The highest BCUT2D eigenvalue weighted by atomic mass is 16.3. The minimum atomic E-state index is 0.667. The third-order valence-electron chi connectivity index (χ3n) is 11.3. The van der Waals surface area contributed by atoms with E-state index in [1.807, 2.05) is 12.1 Å². The van der Waals surface area contributed by atoms with Crippen LogP contribution in [0.3, 0.4) is 0 Å². The van der Waals surface area contributed by atoms with Gasteiger partial charge < -0.3 is 13.4 Å². The number of furan rings is 2. The minimum absolute atomic E-state index is 0.667. The van der Waals surface area contributed by atoms with Crippen LogP contribution in [0.4, 0.5) is 0 Å². The summed E-state index contributed by atoms with van der Waals surface area (Å²) in [6.07, 6.45) is 1.64. The standard InChI is InChI=1S/C52H31N3O2/c1-3-11-32(12-4-1)33-21-23-34(24-22-33)35-25-28-46-43(30-35)49-52(56-46)48(53-31-54-49)37-14-9-13-36(29-37)39-18-10-19-40-41-26-27-45-47(51(41)57-50(39)40)42-17-7-8-20-44(42)55(45)38-15-5-2-6-16-38/h1-31H. The number of benzene rings is 8. The summed E-state index contributed by atoms with van der Waals surface area (Å²) in [6, 6.07) is 63.9. The van der Waals surface area contributed by atoms with E-state index >= 15 is 0 Å². The van der Waals surface area contributed by atoms with Crippen molar-refractivity contribution < 1.29 is 8.83 Å². The molecule has 4 aromatic heterocycles. The SMILES string of the molecule is c1ccc(-c2ccc(-c3ccc4oc5c(-c6cccc(-c7cccc8c7oc7c8ccc8c7c7ccccc7n8-c7ccccc7)c6)ncnc5c4c3)cc2)cc1. The van der Waals surface area contributed by atoms with Crippen molar-refractivity contribution in [2.45, 2.75) is 0 Å². The minimum Gasteiger partial charge on any atom is -0.455 e. The zero-order valence-corrected chi connectivity index (χ0v) is 30.6. The van der Waals surface area contributed by atoms with Gasteiger partial charge in [-0.2, -0.15) is 0 Å². The summed E-state index contributed by atoms with van der Waals surface area (Å²) < 4.78 is 15.8. The van der Waals surface area contributed by atoms with E-state index < -0.39 is 0 Å². The van der Waals surface area contributed by atoms with Gasteiger partial charge in [-0.25, -0.2) is 9.97 Å². The second kappa shape index (κ2) is 12.4. The number of fused-ring (bicyclic) bond motifs is 10. The Morgan fingerprint density at radius 1 is 0.386 bits per heavy atom. The molecule has 0 aliphatic rings. The number of hydrogen-bond donors (Lipinski definition) is 0. The highest BCUT2D eigenvalue weighted by Gasteiger charge is 2.21. The van der Waals surface area contributed by atoms with Crippen LogP contribution in [0.5, 0.6) is 0 Å². The molecule has 0 amide bonds. The lowest BCUT2D eigenvalue weighted by Gasteiger charge is -2.07. The lowest BCUT2D eigenvalue weighted by Crippen LogP contribution is -1.92. The van der Waals surface area contributed by atoms with Gasteiger partial charge >= 0.3 is 0 Å². The van der Waals surface area contributed by atoms with Gasteiger partial charge in [0.25, 0.3) is 0 Å². The fourth-order valence-electron chi connectivity index (χ4n) is 8.67. The van der Waals surface area contributed by atoms with Crippen LogP contribution in [0.25, 0.3) is 116 Å². The van der Waals surface area contributed by atoms with E-state index in [1.165, 1.54) is 11.1 Å². The molecule has 0 saturated carbocycles. The molecule has 266 valence electrons. The molecule has 12 rings (SSSR count). The summed E-state index contributed by atoms with van der Waals surface area (Å²) in [6.45, 7) is 0. The molecule has 0 atom stereocenters. The first kappa shape index (κ1) is 31.6. The van der Waals surface area contributed by atoms with Crippen molar-refractivity contribution in [3.63, 3.8) is 0 Å². The lowest BCUT2D eigenvalue weighted by molar-refractivity contribution is 0.667. The maximum Gasteiger partial charge on any atom is 0.180 e. The van der Waals surface area contributed by atoms with Crippen molar-refractivity contribution in [3.05, 3.63) is 188 Å². The van der Waals surface area contributed by atoms with Crippen LogP contribution >= 0.6 is 0 Å². The quantitative estimate of drug-likeness (QED) is 0.177. The predicted octanol–water partition coefficient (Wildman–Crippen LogP) is 14.0. The number of nitrogens with zero attached hydrogens (tertiary/aromatic N) is 3. The highest BCUT2D eigenvalue weighted by Crippen LogP contribution is 2.44. The topological polar surface area (TPSA) is 57.0 Å². The van der Waals surface area contributed by atoms with E-state index in [-0.39, 0.29) is 0 Å². The Hall–Kier alpha value is -7.76. The van der Waals surface area contributed by atoms with Gasteiger partial charge in [-0.15, -0.1) is 0 Å². The Kier molecular flexibility index (Phi) is 6.86. The van der Waals surface area contributed by atoms with E-state index in [0.717, 1.165) is 99.4 Å². The maximum atomic E-state index is 6.98. The van der Waals surface area contributed by atoms with E-state index in [2.05, 4.69) is 174 Å². The molecule has 0 N–H and O–H groups in total. The van der Waals surface area contributed by atoms with Crippen LogP contribution in [-0.2, 0) is 0 Å². The van der Waals surface area contributed by atoms with E-state index in [4.69, 9.17) is 18.8 Å². The molecule has 4 heterocycles. The van der Waals surface area contributed by atoms with Gasteiger partial charge in [0.15, 0.2) is 5.58 Å². The Labute approximate surface area is 326 Å². The highest BCUT2D eigenvalue weighted by molar-refractivity contribution is 6.24. The van der Waals surface area contributed by atoms with Gasteiger partial charge in [-0.05, 0) is 76.3 Å². The third kappa shape index (κ3) is 4.89. The Bertz CT molecular complexity index is 3500. The van der Waals surface area contributed by atoms with Crippen LogP contribution in [0.2, 0.25) is 0 Å². The second-order valence-corrected chi connectivity index (χ2v) is 14.5. The van der Waals surface area contributed by atoms with Gasteiger partial charge in [-0.3, -0.25) is 0 Å². The summed E-state index contributed by atoms with van der Waals surface area (Å²) >= 11 is 0. The van der Waals surface area contributed by atoms with E-state index in [1.54, 1.807) is 6.33 Å². The summed E-state index contributed by atoms with van der Waals surface area (Å²) in [4.78, 5) is 9.52. The first-order valence-electron chi connectivity index (χ1n) is 19.1. The Morgan fingerprint density at radius 2 is 1.05 bits per heavy atom. The molecule has 0 saturated heterocycles. The van der Waals surface area contributed by atoms with Crippen LogP contribution in [-0.4, -0.2) is 14.5 Å². The van der Waals surface area contributed by atoms with Crippen LogP contribution in [0, 0.1) is 0 Å². The second-order valence-electron chi connectivity index (χ2n) is 14.5. The normalized spacial score (nSPS) is 11.9. The van der Waals surface area contributed by atoms with Crippen molar-refractivity contribution in [2.24, 2.45) is 0 Å². The lowest BCUT2D eigenvalue weighted by atomic mass is 9.98. The largest absolute Gasteiger partial charge is 0.455 e. The van der Waals surface area contributed by atoms with Crippen molar-refractivity contribution in [1.82, 2.24) is 14.5 Å². The zero-order chi connectivity index (χ0) is 37.5. The van der Waals surface area contributed by atoms with Crippen molar-refractivity contribution in [1.29, 1.82) is 0 Å². The van der Waals surface area contributed by atoms with Crippen molar-refractivity contribution in [3.8, 4) is 50.3 Å². The van der Waals surface area contributed by atoms with Crippen LogP contribution in [0.15, 0.2) is 197 Å². The van der Waals surface area contributed by atoms with Gasteiger partial charge in [0.05, 0.1) is 16.4 Å². The Morgan fingerprint density at radius 3 is 1.91 bits per heavy atom. The number of rotatable bonds is 5. The molecule has 5 heteroatoms. The average molecular weight is 730 g/mol. The molecule has 0 spiro atoms. The molecule has 0 radical (unpaired) electrons. The number of hydrogen-bond acceptors (Lipinski definition) is 4. The Balaban J connectivity index is 0.967. The monoisotopic (exact) mass is 729 g/mol. The smallest absolute Gasteiger partial charge is 0.180 e. The van der Waals surface area contributed by atoms with Gasteiger partial charge in [-0.1, -0.05) is 133 Å². The molecule has 0 aliphatic carbocycles. The fourth-order valence-corrected chi connectivity index (χ4v) is 8.67. The summed E-state index contributed by atoms with van der Waals surface area (Å²) in [7, 11) is 0. The number of para-hydroxylation sites is 3. The predicted molar refractivity (Wildman–Crippen MR) is 233 cm³/mol.